The summed E-state index contributed by atoms with van der Waals surface area (Å²) >= 11 is 4.66. The molecule has 1 heterocycles. The molecule has 0 bridgehead atoms. The molecule has 11 heavy (non-hydrogen) atoms. The number of carbonyl (C=O) groups excluding carboxylic acids is 1. The molecule has 0 spiro atoms. The summed E-state index contributed by atoms with van der Waals surface area (Å²) < 4.78 is 0.908. The molecule has 0 fully saturated rings. The van der Waals surface area contributed by atoms with Gasteiger partial charge in [-0.05, 0) is 12.1 Å². The molecule has 0 saturated heterocycles. The summed E-state index contributed by atoms with van der Waals surface area (Å²) in [5, 5.41) is 8.95. The molecule has 4 nitrogen and oxygen atoms in total. The van der Waals surface area contributed by atoms with E-state index in [9.17, 15) is 4.79 Å². The molecule has 3 N–H and O–H groups in total. The maximum atomic E-state index is 10.5. The van der Waals surface area contributed by atoms with E-state index in [1.54, 1.807) is 0 Å². The Labute approximate surface area is 67.8 Å². The Hall–Kier alpha value is -1.36. The highest BCUT2D eigenvalue weighted by Gasteiger charge is 1.99. The molecule has 0 saturated carbocycles. The van der Waals surface area contributed by atoms with Crippen molar-refractivity contribution in [3.8, 4) is 0 Å². The third-order valence-corrected chi connectivity index (χ3v) is 1.50. The van der Waals surface area contributed by atoms with E-state index in [4.69, 9.17) is 10.9 Å². The molecule has 5 heteroatoms. The average molecular weight is 170 g/mol. The Kier molecular flexibility index (Phi) is 1.91. The predicted molar refractivity (Wildman–Crippen MR) is 41.0 cm³/mol. The number of nitrogens with two attached hydrogens (primary N) is 1. The Balaban J connectivity index is 3.26. The number of hydrogen-bond acceptors (Lipinski definition) is 3. The van der Waals surface area contributed by atoms with Crippen molar-refractivity contribution in [3.05, 3.63) is 28.5 Å². The zero-order valence-corrected chi connectivity index (χ0v) is 6.34. The topological polar surface area (TPSA) is 68.2 Å². The normalized spacial score (nSPS) is 9.45. The summed E-state index contributed by atoms with van der Waals surface area (Å²) in [4.78, 5) is 10.5. The van der Waals surface area contributed by atoms with E-state index in [-0.39, 0.29) is 10.2 Å². The molecule has 0 aromatic carbocycles. The highest BCUT2D eigenvalue weighted by atomic mass is 32.1. The summed E-state index contributed by atoms with van der Waals surface area (Å²) in [6.45, 7) is 0. The third kappa shape index (κ3) is 1.56. The lowest BCUT2D eigenvalue weighted by Gasteiger charge is -1.98. The van der Waals surface area contributed by atoms with Crippen LogP contribution in [0.1, 0.15) is 10.4 Å². The van der Waals surface area contributed by atoms with Crippen LogP contribution in [0.25, 0.3) is 0 Å². The van der Waals surface area contributed by atoms with Crippen LogP contribution in [0.15, 0.2) is 18.3 Å². The van der Waals surface area contributed by atoms with Gasteiger partial charge in [0.25, 0.3) is 0 Å². The Morgan fingerprint density at radius 1 is 1.64 bits per heavy atom. The molecule has 0 aliphatic rings. The van der Waals surface area contributed by atoms with Gasteiger partial charge in [0.1, 0.15) is 4.64 Å². The predicted octanol–water partition coefficient (Wildman–Crippen LogP) is 0.554. The molecule has 0 radical (unpaired) electrons. The van der Waals surface area contributed by atoms with Gasteiger partial charge < -0.3 is 10.9 Å². The van der Waals surface area contributed by atoms with Crippen molar-refractivity contribution in [2.45, 2.75) is 0 Å². The molecule has 0 atom stereocenters. The van der Waals surface area contributed by atoms with E-state index >= 15 is 0 Å². The fourth-order valence-corrected chi connectivity index (χ4v) is 0.742. The fourth-order valence-electron chi connectivity index (χ4n) is 0.622. The van der Waals surface area contributed by atoms with E-state index < -0.39 is 5.91 Å². The Morgan fingerprint density at radius 3 is 2.73 bits per heavy atom. The number of amides is 1. The molecule has 1 aromatic heterocycles. The maximum Gasteiger partial charge on any atom is 0.250 e. The van der Waals surface area contributed by atoms with E-state index in [2.05, 4.69) is 12.2 Å². The molecule has 0 aliphatic carbocycles. The zero-order valence-electron chi connectivity index (χ0n) is 5.52. The van der Waals surface area contributed by atoms with Crippen LogP contribution in [0, 0.1) is 4.64 Å². The number of primary amides is 1. The molecule has 0 unspecified atom stereocenters. The van der Waals surface area contributed by atoms with Crippen LogP contribution in [0.4, 0.5) is 0 Å². The summed E-state index contributed by atoms with van der Waals surface area (Å²) in [7, 11) is 0. The van der Waals surface area contributed by atoms with E-state index in [1.165, 1.54) is 18.3 Å². The number of hydrogen-bond donors (Lipinski definition) is 2. The highest BCUT2D eigenvalue weighted by Crippen LogP contribution is 1.97. The van der Waals surface area contributed by atoms with Crippen molar-refractivity contribution in [2.24, 2.45) is 5.73 Å². The van der Waals surface area contributed by atoms with Crippen molar-refractivity contribution in [2.75, 3.05) is 0 Å². The van der Waals surface area contributed by atoms with Crippen LogP contribution in [-0.2, 0) is 0 Å². The van der Waals surface area contributed by atoms with Crippen LogP contribution in [-0.4, -0.2) is 15.8 Å². The molecular formula is C6H6N2O2S. The average Bonchev–Trinajstić information content (AvgIpc) is 1.94. The highest BCUT2D eigenvalue weighted by molar-refractivity contribution is 7.71. The van der Waals surface area contributed by atoms with Crippen LogP contribution >= 0.6 is 12.2 Å². The first-order valence-electron chi connectivity index (χ1n) is 2.83. The van der Waals surface area contributed by atoms with E-state index in [1.807, 2.05) is 0 Å². The second-order valence-corrected chi connectivity index (χ2v) is 2.38. The van der Waals surface area contributed by atoms with Gasteiger partial charge in [-0.15, -0.1) is 0 Å². The smallest absolute Gasteiger partial charge is 0.250 e. The van der Waals surface area contributed by atoms with Gasteiger partial charge in [-0.2, -0.15) is 4.73 Å². The second kappa shape index (κ2) is 2.71. The van der Waals surface area contributed by atoms with Gasteiger partial charge in [0.15, 0.2) is 0 Å². The van der Waals surface area contributed by atoms with Crippen molar-refractivity contribution >= 4 is 18.1 Å². The lowest BCUT2D eigenvalue weighted by Crippen LogP contribution is -2.12. The molecule has 1 rings (SSSR count). The molecule has 1 aromatic rings. The molecule has 58 valence electrons. The number of rotatable bonds is 1. The minimum Gasteiger partial charge on any atom is -0.428 e. The SMILES string of the molecule is NC(=O)c1ccc(=S)n(O)c1. The standard InChI is InChI=1S/C6H6N2O2S/c7-6(9)4-1-2-5(11)8(10)3-4/h1-3,10H,(H2,7,9). The first-order valence-corrected chi connectivity index (χ1v) is 3.24. The third-order valence-electron chi connectivity index (χ3n) is 1.18. The van der Waals surface area contributed by atoms with Crippen LogP contribution in [0.3, 0.4) is 0 Å². The first-order chi connectivity index (χ1) is 5.11. The van der Waals surface area contributed by atoms with E-state index in [0.29, 0.717) is 4.73 Å². The monoisotopic (exact) mass is 170 g/mol. The Morgan fingerprint density at radius 2 is 2.27 bits per heavy atom. The summed E-state index contributed by atoms with van der Waals surface area (Å²) in [5.74, 6) is -0.595. The fraction of sp³-hybridized carbons (Fsp3) is 0. The van der Waals surface area contributed by atoms with Gasteiger partial charge in [-0.25, -0.2) is 0 Å². The molecule has 0 aliphatic heterocycles. The van der Waals surface area contributed by atoms with Crippen LogP contribution in [0.2, 0.25) is 0 Å². The number of carbonyl (C=O) groups is 1. The van der Waals surface area contributed by atoms with Gasteiger partial charge in [0, 0.05) is 0 Å². The zero-order chi connectivity index (χ0) is 8.43. The number of nitrogens with zero attached hydrogens (tertiary/aromatic N) is 1. The quantitative estimate of drug-likeness (QED) is 0.478. The molecular weight excluding hydrogens is 164 g/mol. The van der Waals surface area contributed by atoms with Gasteiger partial charge in [-0.1, -0.05) is 12.2 Å². The van der Waals surface area contributed by atoms with Crippen molar-refractivity contribution in [1.82, 2.24) is 4.73 Å². The van der Waals surface area contributed by atoms with Crippen molar-refractivity contribution in [1.29, 1.82) is 0 Å². The summed E-state index contributed by atoms with van der Waals surface area (Å²) in [6.07, 6.45) is 1.17. The first kappa shape index (κ1) is 7.74. The second-order valence-electron chi connectivity index (χ2n) is 1.96. The van der Waals surface area contributed by atoms with Crippen LogP contribution in [0.5, 0.6) is 0 Å². The lowest BCUT2D eigenvalue weighted by molar-refractivity contribution is 0.0994. The minimum atomic E-state index is -0.595. The van der Waals surface area contributed by atoms with Gasteiger partial charge >= 0.3 is 0 Å². The van der Waals surface area contributed by atoms with E-state index in [0.717, 1.165) is 0 Å². The van der Waals surface area contributed by atoms with Gasteiger partial charge in [-0.3, -0.25) is 4.79 Å². The summed E-state index contributed by atoms with van der Waals surface area (Å²) in [5.41, 5.74) is 5.16. The van der Waals surface area contributed by atoms with Crippen LogP contribution < -0.4 is 5.73 Å². The van der Waals surface area contributed by atoms with Crippen molar-refractivity contribution in [3.63, 3.8) is 0 Å². The molecule has 1 amide bonds. The number of pyridine rings is 1. The van der Waals surface area contributed by atoms with Gasteiger partial charge in [0.2, 0.25) is 5.91 Å². The number of aromatic nitrogens is 1. The minimum absolute atomic E-state index is 0.223. The largest absolute Gasteiger partial charge is 0.428 e. The lowest BCUT2D eigenvalue weighted by atomic mass is 10.3. The van der Waals surface area contributed by atoms with Gasteiger partial charge in [0.05, 0.1) is 11.8 Å². The Bertz CT molecular complexity index is 345. The maximum absolute atomic E-state index is 10.5. The summed E-state index contributed by atoms with van der Waals surface area (Å²) in [6, 6.07) is 2.88. The van der Waals surface area contributed by atoms with Crippen molar-refractivity contribution < 1.29 is 10.0 Å².